The van der Waals surface area contributed by atoms with Crippen LogP contribution in [0.25, 0.3) is 28.0 Å². The summed E-state index contributed by atoms with van der Waals surface area (Å²) in [6, 6.07) is 21.4. The Hall–Kier alpha value is -5.56. The third-order valence-corrected chi connectivity index (χ3v) is 7.65. The number of thiazole rings is 1. The first-order valence-corrected chi connectivity index (χ1v) is 13.6. The summed E-state index contributed by atoms with van der Waals surface area (Å²) in [5.74, 6) is 1.72. The molecule has 0 bridgehead atoms. The summed E-state index contributed by atoms with van der Waals surface area (Å²) >= 11 is 1.17. The van der Waals surface area contributed by atoms with Gasteiger partial charge < -0.3 is 14.2 Å². The Kier molecular flexibility index (Phi) is 6.12. The van der Waals surface area contributed by atoms with E-state index in [0.717, 1.165) is 5.69 Å². The van der Waals surface area contributed by atoms with E-state index in [-0.39, 0.29) is 23.6 Å². The van der Waals surface area contributed by atoms with Crippen LogP contribution < -0.4 is 24.3 Å². The highest BCUT2D eigenvalue weighted by Gasteiger charge is 2.27. The summed E-state index contributed by atoms with van der Waals surface area (Å²) in [5.41, 5.74) is 1.77. The molecule has 42 heavy (non-hydrogen) atoms. The van der Waals surface area contributed by atoms with Gasteiger partial charge in [0.2, 0.25) is 4.96 Å². The van der Waals surface area contributed by atoms with Gasteiger partial charge in [-0.15, -0.1) is 5.10 Å². The second-order valence-corrected chi connectivity index (χ2v) is 10.3. The molecule has 0 amide bonds. The maximum atomic E-state index is 13.4. The highest BCUT2D eigenvalue weighted by atomic mass is 32.1. The second-order valence-electron chi connectivity index (χ2n) is 9.30. The molecule has 1 atom stereocenters. The van der Waals surface area contributed by atoms with Crippen LogP contribution in [-0.4, -0.2) is 43.0 Å². The number of ether oxygens (including phenoxy) is 3. The lowest BCUT2D eigenvalue weighted by Crippen LogP contribution is -2.26. The van der Waals surface area contributed by atoms with Gasteiger partial charge in [0.25, 0.3) is 5.56 Å². The highest BCUT2D eigenvalue weighted by Crippen LogP contribution is 2.36. The molecule has 7 rings (SSSR count). The molecule has 0 aliphatic carbocycles. The van der Waals surface area contributed by atoms with Crippen LogP contribution in [0.4, 0.5) is 5.69 Å². The SMILES string of the molecule is COc1ccc(-c2nn(-c3ccccc3)cc2C=c2sc3nc(C4COc5ccccc5O4)nn3c2=O)cc1[N+](=O)[O-]. The second kappa shape index (κ2) is 10.1. The normalized spacial score (nSPS) is 14.8. The zero-order valence-electron chi connectivity index (χ0n) is 21.9. The van der Waals surface area contributed by atoms with Crippen LogP contribution in [0.5, 0.6) is 17.2 Å². The average molecular weight is 581 g/mol. The van der Waals surface area contributed by atoms with E-state index >= 15 is 0 Å². The lowest BCUT2D eigenvalue weighted by atomic mass is 10.1. The van der Waals surface area contributed by atoms with Gasteiger partial charge in [0.05, 0.1) is 22.3 Å². The van der Waals surface area contributed by atoms with Gasteiger partial charge in [-0.05, 0) is 42.5 Å². The number of aromatic nitrogens is 5. The van der Waals surface area contributed by atoms with Gasteiger partial charge in [-0.3, -0.25) is 14.9 Å². The van der Waals surface area contributed by atoms with Gasteiger partial charge in [0.1, 0.15) is 12.3 Å². The number of nitro benzene ring substituents is 1. The third kappa shape index (κ3) is 4.41. The summed E-state index contributed by atoms with van der Waals surface area (Å²) in [6.07, 6.45) is 2.91. The zero-order chi connectivity index (χ0) is 28.8. The fourth-order valence-electron chi connectivity index (χ4n) is 4.68. The maximum absolute atomic E-state index is 13.4. The van der Waals surface area contributed by atoms with Crippen LogP contribution in [0.15, 0.2) is 83.8 Å². The monoisotopic (exact) mass is 580 g/mol. The van der Waals surface area contributed by atoms with Crippen molar-refractivity contribution in [2.45, 2.75) is 6.10 Å². The lowest BCUT2D eigenvalue weighted by molar-refractivity contribution is -0.385. The Morgan fingerprint density at radius 2 is 1.86 bits per heavy atom. The standard InChI is InChI=1S/C29H20N6O6S/c1-39-21-12-11-17(13-20(21)35(37)38)26-18(15-33(31-26)19-7-3-2-4-8-19)14-25-28(36)34-29(42-25)30-27(32-34)24-16-40-22-9-5-6-10-23(22)41-24/h2-15,24H,16H2,1H3. The molecule has 0 saturated carbocycles. The molecule has 3 aromatic carbocycles. The number of nitrogens with zero attached hydrogens (tertiary/aromatic N) is 6. The van der Waals surface area contributed by atoms with Crippen molar-refractivity contribution in [3.8, 4) is 34.2 Å². The van der Waals surface area contributed by atoms with Gasteiger partial charge in [0.15, 0.2) is 29.2 Å². The number of benzene rings is 3. The predicted octanol–water partition coefficient (Wildman–Crippen LogP) is 3.98. The minimum atomic E-state index is -0.555. The van der Waals surface area contributed by atoms with Gasteiger partial charge in [-0.2, -0.15) is 14.6 Å². The summed E-state index contributed by atoms with van der Waals surface area (Å²) in [6.45, 7) is 0.220. The molecular formula is C29H20N6O6S. The lowest BCUT2D eigenvalue weighted by Gasteiger charge is -2.24. The van der Waals surface area contributed by atoms with Crippen molar-refractivity contribution in [3.63, 3.8) is 0 Å². The van der Waals surface area contributed by atoms with Crippen molar-refractivity contribution >= 4 is 28.1 Å². The maximum Gasteiger partial charge on any atom is 0.311 e. The quantitative estimate of drug-likeness (QED) is 0.212. The Balaban J connectivity index is 1.31. The predicted molar refractivity (Wildman–Crippen MR) is 153 cm³/mol. The van der Waals surface area contributed by atoms with Crippen LogP contribution in [0.2, 0.25) is 0 Å². The minimum absolute atomic E-state index is 0.135. The molecule has 0 fully saturated rings. The first kappa shape index (κ1) is 25.4. The van der Waals surface area contributed by atoms with Crippen molar-refractivity contribution < 1.29 is 19.1 Å². The van der Waals surface area contributed by atoms with Crippen molar-refractivity contribution in [1.29, 1.82) is 0 Å². The first-order chi connectivity index (χ1) is 20.5. The molecular weight excluding hydrogens is 560 g/mol. The van der Waals surface area contributed by atoms with Crippen LogP contribution in [0, 0.1) is 10.1 Å². The molecule has 0 radical (unpaired) electrons. The number of rotatable bonds is 6. The molecule has 0 spiro atoms. The zero-order valence-corrected chi connectivity index (χ0v) is 22.7. The molecule has 0 saturated heterocycles. The van der Waals surface area contributed by atoms with Crippen molar-refractivity contribution in [2.24, 2.45) is 0 Å². The summed E-state index contributed by atoms with van der Waals surface area (Å²) in [4.78, 5) is 29.6. The Morgan fingerprint density at radius 1 is 1.07 bits per heavy atom. The minimum Gasteiger partial charge on any atom is -0.490 e. The van der Waals surface area contributed by atoms with E-state index in [1.54, 1.807) is 29.1 Å². The number of methoxy groups -OCH3 is 1. The van der Waals surface area contributed by atoms with E-state index in [1.807, 2.05) is 48.5 Å². The fraction of sp³-hybridized carbons (Fsp3) is 0.103. The highest BCUT2D eigenvalue weighted by molar-refractivity contribution is 7.15. The molecule has 13 heteroatoms. The summed E-state index contributed by atoms with van der Waals surface area (Å²) < 4.78 is 20.2. The molecule has 4 heterocycles. The van der Waals surface area contributed by atoms with E-state index in [2.05, 4.69) is 10.1 Å². The van der Waals surface area contributed by atoms with Gasteiger partial charge in [-0.25, -0.2) is 4.68 Å². The number of fused-ring (bicyclic) bond motifs is 2. The van der Waals surface area contributed by atoms with Crippen LogP contribution in [0.3, 0.4) is 0 Å². The number of para-hydroxylation sites is 3. The Morgan fingerprint density at radius 3 is 2.62 bits per heavy atom. The number of hydrogen-bond donors (Lipinski definition) is 0. The molecule has 3 aromatic heterocycles. The molecule has 1 aliphatic rings. The largest absolute Gasteiger partial charge is 0.490 e. The van der Waals surface area contributed by atoms with E-state index in [0.29, 0.717) is 43.6 Å². The Labute approximate surface area is 240 Å². The third-order valence-electron chi connectivity index (χ3n) is 6.69. The van der Waals surface area contributed by atoms with E-state index in [9.17, 15) is 14.9 Å². The van der Waals surface area contributed by atoms with Crippen LogP contribution in [0.1, 0.15) is 17.5 Å². The van der Waals surface area contributed by atoms with Crippen molar-refractivity contribution in [2.75, 3.05) is 13.7 Å². The van der Waals surface area contributed by atoms with E-state index in [4.69, 9.17) is 19.3 Å². The smallest absolute Gasteiger partial charge is 0.311 e. The van der Waals surface area contributed by atoms with E-state index in [1.165, 1.54) is 35.1 Å². The number of nitro groups is 1. The fourth-order valence-corrected chi connectivity index (χ4v) is 5.59. The van der Waals surface area contributed by atoms with Gasteiger partial charge in [-0.1, -0.05) is 41.7 Å². The van der Waals surface area contributed by atoms with Gasteiger partial charge >= 0.3 is 5.69 Å². The van der Waals surface area contributed by atoms with Crippen molar-refractivity contribution in [1.82, 2.24) is 24.4 Å². The molecule has 0 N–H and O–H groups in total. The van der Waals surface area contributed by atoms with Crippen LogP contribution in [-0.2, 0) is 0 Å². The topological polar surface area (TPSA) is 136 Å². The summed E-state index contributed by atoms with van der Waals surface area (Å²) in [7, 11) is 1.38. The van der Waals surface area contributed by atoms with E-state index < -0.39 is 11.0 Å². The molecule has 1 unspecified atom stereocenters. The van der Waals surface area contributed by atoms with Crippen molar-refractivity contribution in [3.05, 3.63) is 115 Å². The molecule has 1 aliphatic heterocycles. The average Bonchev–Trinajstić information content (AvgIpc) is 3.72. The van der Waals surface area contributed by atoms with Gasteiger partial charge in [0, 0.05) is 23.4 Å². The Bertz CT molecular complexity index is 2090. The number of hydrogen-bond acceptors (Lipinski definition) is 10. The molecule has 208 valence electrons. The van der Waals surface area contributed by atoms with Crippen LogP contribution >= 0.6 is 11.3 Å². The molecule has 12 nitrogen and oxygen atoms in total. The first-order valence-electron chi connectivity index (χ1n) is 12.8. The molecule has 6 aromatic rings. The summed E-state index contributed by atoms with van der Waals surface area (Å²) in [5, 5.41) is 20.9.